The number of ether oxygens (including phenoxy) is 2. The van der Waals surface area contributed by atoms with Crippen LogP contribution in [0.25, 0.3) is 10.6 Å². The first-order chi connectivity index (χ1) is 13.6. The van der Waals surface area contributed by atoms with Gasteiger partial charge >= 0.3 is 12.1 Å². The van der Waals surface area contributed by atoms with Crippen LogP contribution in [0.4, 0.5) is 10.7 Å². The number of aliphatic hydroxyl groups is 1. The van der Waals surface area contributed by atoms with E-state index in [1.165, 1.54) is 17.8 Å². The number of rotatable bonds is 6. The Morgan fingerprint density at radius 3 is 2.45 bits per heavy atom. The first-order valence-corrected chi connectivity index (χ1v) is 9.28. The second-order valence-electron chi connectivity index (χ2n) is 6.69. The maximum Gasteiger partial charge on any atom is 0.414 e. The molecule has 0 fully saturated rings. The second-order valence-corrected chi connectivity index (χ2v) is 7.55. The topological polar surface area (TPSA) is 153 Å². The molecule has 0 aliphatic carbocycles. The molecule has 3 N–H and O–H groups in total. The van der Waals surface area contributed by atoms with E-state index in [0.717, 1.165) is 18.4 Å². The Morgan fingerprint density at radius 2 is 1.90 bits per heavy atom. The standard InChI is InChI=1S/C17H21N5O6S/c1-17(2,3)28-16(26)22-15-18-5-9(6-19-15)13-21-11(8-29-13)12(24)20-10(7-23)14(25)27-4/h5-6,8,10,23H,7H2,1-4H3,(H,20,24)(H,18,19,22,26). The predicted molar refractivity (Wildman–Crippen MR) is 103 cm³/mol. The van der Waals surface area contributed by atoms with Crippen LogP contribution in [0.15, 0.2) is 17.8 Å². The Morgan fingerprint density at radius 1 is 1.24 bits per heavy atom. The molecule has 12 heteroatoms. The number of amides is 2. The quantitative estimate of drug-likeness (QED) is 0.582. The van der Waals surface area contributed by atoms with Gasteiger partial charge in [-0.25, -0.2) is 24.5 Å². The maximum atomic E-state index is 12.2. The van der Waals surface area contributed by atoms with Gasteiger partial charge in [-0.2, -0.15) is 0 Å². The van der Waals surface area contributed by atoms with Crippen molar-refractivity contribution in [2.45, 2.75) is 32.4 Å². The molecule has 0 saturated heterocycles. The molecule has 0 saturated carbocycles. The number of nitrogens with one attached hydrogen (secondary N) is 2. The minimum absolute atomic E-state index is 0.0568. The average Bonchev–Trinajstić information content (AvgIpc) is 3.14. The van der Waals surface area contributed by atoms with Crippen LogP contribution in [-0.2, 0) is 14.3 Å². The molecule has 0 radical (unpaired) electrons. The SMILES string of the molecule is COC(=O)C(CO)NC(=O)c1csc(-c2cnc(NC(=O)OC(C)(C)C)nc2)n1. The molecule has 0 aliphatic heterocycles. The van der Waals surface area contributed by atoms with E-state index in [1.54, 1.807) is 20.8 Å². The van der Waals surface area contributed by atoms with Crippen molar-refractivity contribution in [3.63, 3.8) is 0 Å². The summed E-state index contributed by atoms with van der Waals surface area (Å²) in [6.45, 7) is 4.61. The van der Waals surface area contributed by atoms with Gasteiger partial charge in [0.1, 0.15) is 16.3 Å². The van der Waals surface area contributed by atoms with Crippen molar-refractivity contribution in [2.24, 2.45) is 0 Å². The molecule has 0 bridgehead atoms. The highest BCUT2D eigenvalue weighted by Crippen LogP contribution is 2.23. The summed E-state index contributed by atoms with van der Waals surface area (Å²) in [5.74, 6) is -1.35. The van der Waals surface area contributed by atoms with Crippen LogP contribution in [0.2, 0.25) is 0 Å². The summed E-state index contributed by atoms with van der Waals surface area (Å²) in [7, 11) is 1.15. The molecule has 2 rings (SSSR count). The van der Waals surface area contributed by atoms with Gasteiger partial charge < -0.3 is 19.9 Å². The van der Waals surface area contributed by atoms with Gasteiger partial charge in [0.25, 0.3) is 5.91 Å². The number of aliphatic hydroxyl groups excluding tert-OH is 1. The summed E-state index contributed by atoms with van der Waals surface area (Å²) in [5.41, 5.74) is -0.0658. The molecule has 11 nitrogen and oxygen atoms in total. The first-order valence-electron chi connectivity index (χ1n) is 8.40. The van der Waals surface area contributed by atoms with E-state index in [9.17, 15) is 14.4 Å². The highest BCUT2D eigenvalue weighted by Gasteiger charge is 2.23. The number of thiazole rings is 1. The Hall–Kier alpha value is -3.12. The minimum atomic E-state index is -1.18. The number of hydrogen-bond acceptors (Lipinski definition) is 10. The Balaban J connectivity index is 2.04. The van der Waals surface area contributed by atoms with Crippen molar-refractivity contribution >= 4 is 35.3 Å². The zero-order valence-corrected chi connectivity index (χ0v) is 17.1. The van der Waals surface area contributed by atoms with Gasteiger partial charge in [0.05, 0.1) is 13.7 Å². The molecule has 2 amide bonds. The van der Waals surface area contributed by atoms with Gasteiger partial charge in [-0.1, -0.05) is 0 Å². The molecular weight excluding hydrogens is 402 g/mol. The molecule has 156 valence electrons. The maximum absolute atomic E-state index is 12.2. The zero-order valence-electron chi connectivity index (χ0n) is 16.3. The number of hydrogen-bond donors (Lipinski definition) is 3. The van der Waals surface area contributed by atoms with E-state index in [1.807, 2.05) is 0 Å². The van der Waals surface area contributed by atoms with Gasteiger partial charge in [0.15, 0.2) is 6.04 Å². The van der Waals surface area contributed by atoms with E-state index in [0.29, 0.717) is 10.6 Å². The van der Waals surface area contributed by atoms with E-state index in [2.05, 4.69) is 30.3 Å². The lowest BCUT2D eigenvalue weighted by Gasteiger charge is -2.19. The van der Waals surface area contributed by atoms with Crippen molar-refractivity contribution in [2.75, 3.05) is 19.0 Å². The van der Waals surface area contributed by atoms with Gasteiger partial charge in [-0.05, 0) is 20.8 Å². The molecule has 0 aliphatic rings. The number of methoxy groups -OCH3 is 1. The second kappa shape index (κ2) is 9.39. The molecule has 1 atom stereocenters. The minimum Gasteiger partial charge on any atom is -0.467 e. The Kier molecular flexibility index (Phi) is 7.18. The first kappa shape index (κ1) is 22.2. The molecular formula is C17H21N5O6S. The number of anilines is 1. The third-order valence-corrected chi connectivity index (χ3v) is 4.11. The highest BCUT2D eigenvalue weighted by atomic mass is 32.1. The van der Waals surface area contributed by atoms with E-state index in [4.69, 9.17) is 9.84 Å². The summed E-state index contributed by atoms with van der Waals surface area (Å²) in [5, 5.41) is 15.9. The van der Waals surface area contributed by atoms with E-state index >= 15 is 0 Å². The van der Waals surface area contributed by atoms with Crippen LogP contribution in [0.3, 0.4) is 0 Å². The molecule has 1 unspecified atom stereocenters. The lowest BCUT2D eigenvalue weighted by molar-refractivity contribution is -0.143. The van der Waals surface area contributed by atoms with Crippen molar-refractivity contribution < 1.29 is 29.0 Å². The molecule has 2 aromatic rings. The van der Waals surface area contributed by atoms with Crippen molar-refractivity contribution in [3.05, 3.63) is 23.5 Å². The summed E-state index contributed by atoms with van der Waals surface area (Å²) >= 11 is 1.16. The van der Waals surface area contributed by atoms with Crippen LogP contribution >= 0.6 is 11.3 Å². The van der Waals surface area contributed by atoms with Crippen LogP contribution in [0, 0.1) is 0 Å². The van der Waals surface area contributed by atoms with E-state index < -0.39 is 36.2 Å². The van der Waals surface area contributed by atoms with Gasteiger partial charge in [-0.15, -0.1) is 11.3 Å². The number of carbonyl (C=O) groups is 3. The predicted octanol–water partition coefficient (Wildman–Crippen LogP) is 1.21. The van der Waals surface area contributed by atoms with Crippen LogP contribution < -0.4 is 10.6 Å². The number of carbonyl (C=O) groups excluding carboxylic acids is 3. The summed E-state index contributed by atoms with van der Waals surface area (Å²) in [6.07, 6.45) is 2.19. The third-order valence-electron chi connectivity index (χ3n) is 3.22. The normalized spacial score (nSPS) is 12.0. The Labute approximate surface area is 170 Å². The molecule has 0 spiro atoms. The third kappa shape index (κ3) is 6.47. The van der Waals surface area contributed by atoms with Crippen molar-refractivity contribution in [3.8, 4) is 10.6 Å². The fraction of sp³-hybridized carbons (Fsp3) is 0.412. The van der Waals surface area contributed by atoms with Crippen LogP contribution in [-0.4, -0.2) is 63.4 Å². The Bertz CT molecular complexity index is 877. The average molecular weight is 423 g/mol. The fourth-order valence-electron chi connectivity index (χ4n) is 1.96. The summed E-state index contributed by atoms with van der Waals surface area (Å²) < 4.78 is 9.61. The number of aromatic nitrogens is 3. The van der Waals surface area contributed by atoms with Gasteiger partial charge in [-0.3, -0.25) is 10.1 Å². The molecule has 2 heterocycles. The van der Waals surface area contributed by atoms with Crippen LogP contribution in [0.5, 0.6) is 0 Å². The summed E-state index contributed by atoms with van der Waals surface area (Å²) in [4.78, 5) is 47.6. The van der Waals surface area contributed by atoms with Crippen molar-refractivity contribution in [1.29, 1.82) is 0 Å². The largest absolute Gasteiger partial charge is 0.467 e. The lowest BCUT2D eigenvalue weighted by Crippen LogP contribution is -2.44. The lowest BCUT2D eigenvalue weighted by atomic mass is 10.2. The fourth-order valence-corrected chi connectivity index (χ4v) is 2.74. The van der Waals surface area contributed by atoms with E-state index in [-0.39, 0.29) is 11.6 Å². The molecule has 0 aromatic carbocycles. The monoisotopic (exact) mass is 423 g/mol. The smallest absolute Gasteiger partial charge is 0.414 e. The molecule has 2 aromatic heterocycles. The van der Waals surface area contributed by atoms with Crippen molar-refractivity contribution in [1.82, 2.24) is 20.3 Å². The summed E-state index contributed by atoms with van der Waals surface area (Å²) in [6, 6.07) is -1.18. The zero-order chi connectivity index (χ0) is 21.6. The number of esters is 1. The van der Waals surface area contributed by atoms with Crippen LogP contribution in [0.1, 0.15) is 31.3 Å². The highest BCUT2D eigenvalue weighted by molar-refractivity contribution is 7.13. The van der Waals surface area contributed by atoms with Gasteiger partial charge in [0, 0.05) is 23.3 Å². The molecule has 29 heavy (non-hydrogen) atoms. The van der Waals surface area contributed by atoms with Gasteiger partial charge in [0.2, 0.25) is 5.95 Å². The number of nitrogens with zero attached hydrogens (tertiary/aromatic N) is 3.